The van der Waals surface area contributed by atoms with E-state index in [1.54, 1.807) is 0 Å². The molecule has 0 spiro atoms. The van der Waals surface area contributed by atoms with Crippen LogP contribution in [0, 0.1) is 5.92 Å². The summed E-state index contributed by atoms with van der Waals surface area (Å²) < 4.78 is 1.86. The van der Waals surface area contributed by atoms with Crippen LogP contribution in [0.5, 0.6) is 0 Å². The van der Waals surface area contributed by atoms with Crippen LogP contribution in [0.4, 0.5) is 11.8 Å². The van der Waals surface area contributed by atoms with Crippen LogP contribution in [0.2, 0.25) is 0 Å². The molecule has 0 aliphatic carbocycles. The highest BCUT2D eigenvalue weighted by atomic mass is 15.3. The van der Waals surface area contributed by atoms with Crippen LogP contribution in [0.1, 0.15) is 33.1 Å². The van der Waals surface area contributed by atoms with Crippen LogP contribution in [0.15, 0.2) is 30.7 Å². The van der Waals surface area contributed by atoms with Crippen LogP contribution in [0.3, 0.4) is 0 Å². The molecule has 1 aliphatic rings. The molecule has 0 aromatic carbocycles. The highest BCUT2D eigenvalue weighted by Gasteiger charge is 2.14. The smallest absolute Gasteiger partial charge is 0.222 e. The Kier molecular flexibility index (Phi) is 5.66. The number of nitrogens with one attached hydrogen (secondary N) is 3. The monoisotopic (exact) mass is 380 g/mol. The highest BCUT2D eigenvalue weighted by Crippen LogP contribution is 2.21. The van der Waals surface area contributed by atoms with Gasteiger partial charge in [-0.3, -0.25) is 0 Å². The average Bonchev–Trinajstić information content (AvgIpc) is 3.12. The number of anilines is 2. The second-order valence-electron chi connectivity index (χ2n) is 7.71. The quantitative estimate of drug-likeness (QED) is 0.580. The van der Waals surface area contributed by atoms with E-state index in [1.165, 1.54) is 0 Å². The predicted molar refractivity (Wildman–Crippen MR) is 111 cm³/mol. The molecule has 0 unspecified atom stereocenters. The fourth-order valence-corrected chi connectivity index (χ4v) is 3.35. The first kappa shape index (κ1) is 18.6. The van der Waals surface area contributed by atoms with Crippen LogP contribution >= 0.6 is 0 Å². The molecule has 4 heterocycles. The minimum absolute atomic E-state index is 0.456. The zero-order valence-electron chi connectivity index (χ0n) is 16.5. The van der Waals surface area contributed by atoms with Gasteiger partial charge in [0.25, 0.3) is 0 Å². The Labute approximate surface area is 165 Å². The maximum atomic E-state index is 4.75. The maximum absolute atomic E-state index is 4.75. The summed E-state index contributed by atoms with van der Waals surface area (Å²) in [6.07, 6.45) is 8.77. The van der Waals surface area contributed by atoms with Gasteiger partial charge in [0.05, 0.1) is 11.9 Å². The highest BCUT2D eigenvalue weighted by molar-refractivity contribution is 5.62. The zero-order chi connectivity index (χ0) is 19.3. The van der Waals surface area contributed by atoms with Crippen LogP contribution in [-0.4, -0.2) is 50.2 Å². The van der Waals surface area contributed by atoms with E-state index >= 15 is 0 Å². The van der Waals surface area contributed by atoms with Crippen molar-refractivity contribution in [3.8, 4) is 11.3 Å². The van der Waals surface area contributed by atoms with E-state index in [2.05, 4.69) is 44.7 Å². The van der Waals surface area contributed by atoms with Gasteiger partial charge >= 0.3 is 0 Å². The van der Waals surface area contributed by atoms with Crippen molar-refractivity contribution in [1.29, 1.82) is 0 Å². The number of nitrogens with zero attached hydrogens (tertiary/aromatic N) is 5. The van der Waals surface area contributed by atoms with Gasteiger partial charge < -0.3 is 16.0 Å². The second-order valence-corrected chi connectivity index (χ2v) is 7.71. The van der Waals surface area contributed by atoms with E-state index < -0.39 is 0 Å². The zero-order valence-corrected chi connectivity index (χ0v) is 16.5. The molecule has 0 bridgehead atoms. The lowest BCUT2D eigenvalue weighted by molar-refractivity contribution is 0.477. The van der Waals surface area contributed by atoms with E-state index in [9.17, 15) is 0 Å². The molecule has 3 aromatic heterocycles. The van der Waals surface area contributed by atoms with Gasteiger partial charge in [0.1, 0.15) is 5.82 Å². The van der Waals surface area contributed by atoms with Crippen molar-refractivity contribution in [2.24, 2.45) is 5.92 Å². The van der Waals surface area contributed by atoms with Crippen molar-refractivity contribution >= 4 is 17.4 Å². The first-order chi connectivity index (χ1) is 13.7. The molecule has 148 valence electrons. The van der Waals surface area contributed by atoms with Gasteiger partial charge in [-0.2, -0.15) is 0 Å². The minimum Gasteiger partial charge on any atom is -0.366 e. The standard InChI is InChI=1S/C20H28N8/c1-14(2)5-10-22-20-24-11-15(12-25-20)17-13-23-19-4-3-18(27-28(17)19)26-16-6-8-21-9-7-16/h3-4,11-14,16,21H,5-10H2,1-2H3,(H,26,27)(H,22,24,25). The molecule has 3 N–H and O–H groups in total. The Morgan fingerprint density at radius 1 is 1.11 bits per heavy atom. The molecule has 8 heteroatoms. The fraction of sp³-hybridized carbons (Fsp3) is 0.500. The summed E-state index contributed by atoms with van der Waals surface area (Å²) in [7, 11) is 0. The Morgan fingerprint density at radius 2 is 1.89 bits per heavy atom. The van der Waals surface area contributed by atoms with Crippen molar-refractivity contribution in [3.63, 3.8) is 0 Å². The molecule has 0 radical (unpaired) electrons. The summed E-state index contributed by atoms with van der Waals surface area (Å²) in [6.45, 7) is 7.38. The number of hydrogen-bond donors (Lipinski definition) is 3. The van der Waals surface area contributed by atoms with Crippen molar-refractivity contribution in [1.82, 2.24) is 29.9 Å². The Morgan fingerprint density at radius 3 is 2.64 bits per heavy atom. The molecule has 28 heavy (non-hydrogen) atoms. The van der Waals surface area contributed by atoms with E-state index in [-0.39, 0.29) is 0 Å². The number of aromatic nitrogens is 5. The Bertz CT molecular complexity index is 896. The lowest BCUT2D eigenvalue weighted by atomic mass is 10.1. The summed E-state index contributed by atoms with van der Waals surface area (Å²) >= 11 is 0. The van der Waals surface area contributed by atoms with E-state index in [0.29, 0.717) is 17.9 Å². The molecular formula is C20H28N8. The number of piperidine rings is 1. The lowest BCUT2D eigenvalue weighted by Crippen LogP contribution is -2.35. The van der Waals surface area contributed by atoms with Gasteiger partial charge in [-0.05, 0) is 50.4 Å². The number of imidazole rings is 1. The largest absolute Gasteiger partial charge is 0.366 e. The normalized spacial score (nSPS) is 15.2. The first-order valence-corrected chi connectivity index (χ1v) is 10.1. The molecular weight excluding hydrogens is 352 g/mol. The molecule has 1 aliphatic heterocycles. The van der Waals surface area contributed by atoms with Gasteiger partial charge in [-0.15, -0.1) is 5.10 Å². The van der Waals surface area contributed by atoms with E-state index in [0.717, 1.165) is 61.6 Å². The molecule has 0 atom stereocenters. The molecule has 8 nitrogen and oxygen atoms in total. The third kappa shape index (κ3) is 4.39. The molecule has 3 aromatic rings. The molecule has 0 saturated carbocycles. The third-order valence-electron chi connectivity index (χ3n) is 5.01. The first-order valence-electron chi connectivity index (χ1n) is 10.1. The third-order valence-corrected chi connectivity index (χ3v) is 5.01. The second kappa shape index (κ2) is 8.52. The lowest BCUT2D eigenvalue weighted by Gasteiger charge is -2.24. The topological polar surface area (TPSA) is 92.1 Å². The SMILES string of the molecule is CC(C)CCNc1ncc(-c2cnc3ccc(NC4CCNCC4)nn23)cn1. The van der Waals surface area contributed by atoms with Crippen LogP contribution < -0.4 is 16.0 Å². The molecule has 0 amide bonds. The van der Waals surface area contributed by atoms with Gasteiger partial charge in [0, 0.05) is 30.5 Å². The Balaban J connectivity index is 1.50. The summed E-state index contributed by atoms with van der Waals surface area (Å²) in [5, 5.41) is 14.9. The summed E-state index contributed by atoms with van der Waals surface area (Å²) in [5.74, 6) is 2.18. The van der Waals surface area contributed by atoms with Gasteiger partial charge in [-0.25, -0.2) is 19.5 Å². The number of hydrogen-bond acceptors (Lipinski definition) is 7. The van der Waals surface area contributed by atoms with Gasteiger partial charge in [0.15, 0.2) is 5.65 Å². The van der Waals surface area contributed by atoms with Crippen molar-refractivity contribution in [2.45, 2.75) is 39.2 Å². The van der Waals surface area contributed by atoms with Crippen molar-refractivity contribution < 1.29 is 0 Å². The van der Waals surface area contributed by atoms with E-state index in [4.69, 9.17) is 5.10 Å². The number of fused-ring (bicyclic) bond motifs is 1. The fourth-order valence-electron chi connectivity index (χ4n) is 3.35. The average molecular weight is 381 g/mol. The van der Waals surface area contributed by atoms with Crippen molar-refractivity contribution in [2.75, 3.05) is 30.3 Å². The molecule has 1 fully saturated rings. The van der Waals surface area contributed by atoms with Gasteiger partial charge in [0.2, 0.25) is 5.95 Å². The minimum atomic E-state index is 0.456. The summed E-state index contributed by atoms with van der Waals surface area (Å²) in [6, 6.07) is 4.44. The summed E-state index contributed by atoms with van der Waals surface area (Å²) in [5.41, 5.74) is 2.59. The predicted octanol–water partition coefficient (Wildman–Crippen LogP) is 2.81. The van der Waals surface area contributed by atoms with Gasteiger partial charge in [-0.1, -0.05) is 13.8 Å². The van der Waals surface area contributed by atoms with Crippen LogP contribution in [-0.2, 0) is 0 Å². The van der Waals surface area contributed by atoms with E-state index in [1.807, 2.05) is 35.2 Å². The Hall–Kier alpha value is -2.74. The molecule has 1 saturated heterocycles. The molecule has 4 rings (SSSR count). The maximum Gasteiger partial charge on any atom is 0.222 e. The summed E-state index contributed by atoms with van der Waals surface area (Å²) in [4.78, 5) is 13.3. The number of rotatable bonds is 7. The van der Waals surface area contributed by atoms with Crippen LogP contribution in [0.25, 0.3) is 16.9 Å². The van der Waals surface area contributed by atoms with Crippen molar-refractivity contribution in [3.05, 3.63) is 30.7 Å².